The van der Waals surface area contributed by atoms with Gasteiger partial charge in [-0.3, -0.25) is 4.79 Å². The summed E-state index contributed by atoms with van der Waals surface area (Å²) in [5.41, 5.74) is 0.679. The predicted octanol–water partition coefficient (Wildman–Crippen LogP) is 1.50. The van der Waals surface area contributed by atoms with Gasteiger partial charge in [0, 0.05) is 19.6 Å². The number of hydrogen-bond donors (Lipinski definition) is 1. The molecule has 0 amide bonds. The van der Waals surface area contributed by atoms with E-state index in [1.807, 2.05) is 0 Å². The summed E-state index contributed by atoms with van der Waals surface area (Å²) < 4.78 is 4.95. The monoisotopic (exact) mass is 210 g/mol. The van der Waals surface area contributed by atoms with Crippen molar-refractivity contribution in [3.8, 4) is 0 Å². The van der Waals surface area contributed by atoms with Crippen LogP contribution in [0.2, 0.25) is 0 Å². The van der Waals surface area contributed by atoms with Gasteiger partial charge >= 0.3 is 0 Å². The van der Waals surface area contributed by atoms with Gasteiger partial charge in [0.2, 0.25) is 0 Å². The SMILES string of the molecule is COCc1cc(=O)[nH]c(CC(C)(C)C)n1. The number of aromatic amines is 1. The third kappa shape index (κ3) is 4.25. The average Bonchev–Trinajstić information content (AvgIpc) is 1.99. The van der Waals surface area contributed by atoms with Gasteiger partial charge in [-0.25, -0.2) is 4.98 Å². The molecule has 0 aliphatic carbocycles. The summed E-state index contributed by atoms with van der Waals surface area (Å²) >= 11 is 0. The molecular formula is C11H18N2O2. The molecule has 0 atom stereocenters. The van der Waals surface area contributed by atoms with Gasteiger partial charge in [0.25, 0.3) is 5.56 Å². The number of ether oxygens (including phenoxy) is 1. The average molecular weight is 210 g/mol. The van der Waals surface area contributed by atoms with E-state index < -0.39 is 0 Å². The van der Waals surface area contributed by atoms with Crippen molar-refractivity contribution in [2.24, 2.45) is 5.41 Å². The molecule has 1 aromatic rings. The summed E-state index contributed by atoms with van der Waals surface area (Å²) in [4.78, 5) is 18.4. The Kier molecular flexibility index (Phi) is 3.63. The Balaban J connectivity index is 2.94. The van der Waals surface area contributed by atoms with Gasteiger partial charge in [-0.05, 0) is 5.41 Å². The fourth-order valence-corrected chi connectivity index (χ4v) is 1.37. The third-order valence-electron chi connectivity index (χ3n) is 1.83. The number of hydrogen-bond acceptors (Lipinski definition) is 3. The van der Waals surface area contributed by atoms with Crippen LogP contribution in [0, 0.1) is 5.41 Å². The Hall–Kier alpha value is -1.16. The molecule has 4 heteroatoms. The second-order valence-electron chi connectivity index (χ2n) is 4.85. The van der Waals surface area contributed by atoms with Crippen LogP contribution in [0.3, 0.4) is 0 Å². The first-order chi connectivity index (χ1) is 6.90. The summed E-state index contributed by atoms with van der Waals surface area (Å²) in [6.45, 7) is 6.70. The first-order valence-electron chi connectivity index (χ1n) is 4.99. The van der Waals surface area contributed by atoms with Crippen LogP contribution in [-0.2, 0) is 17.8 Å². The predicted molar refractivity (Wildman–Crippen MR) is 58.7 cm³/mol. The molecule has 1 heterocycles. The number of nitrogens with zero attached hydrogens (tertiary/aromatic N) is 1. The molecule has 0 aliphatic heterocycles. The molecule has 0 spiro atoms. The van der Waals surface area contributed by atoms with Crippen molar-refractivity contribution in [2.75, 3.05) is 7.11 Å². The normalized spacial score (nSPS) is 11.7. The van der Waals surface area contributed by atoms with Gasteiger partial charge in [0.05, 0.1) is 12.3 Å². The van der Waals surface area contributed by atoms with Crippen LogP contribution in [0.25, 0.3) is 0 Å². The number of H-pyrrole nitrogens is 1. The summed E-state index contributed by atoms with van der Waals surface area (Å²) in [6, 6.07) is 1.47. The maximum absolute atomic E-state index is 11.3. The fraction of sp³-hybridized carbons (Fsp3) is 0.636. The Morgan fingerprint density at radius 1 is 1.47 bits per heavy atom. The van der Waals surface area contributed by atoms with E-state index in [2.05, 4.69) is 30.7 Å². The highest BCUT2D eigenvalue weighted by Crippen LogP contribution is 2.17. The highest BCUT2D eigenvalue weighted by Gasteiger charge is 2.13. The van der Waals surface area contributed by atoms with Crippen LogP contribution in [-0.4, -0.2) is 17.1 Å². The lowest BCUT2D eigenvalue weighted by Crippen LogP contribution is -2.18. The van der Waals surface area contributed by atoms with E-state index in [9.17, 15) is 4.79 Å². The lowest BCUT2D eigenvalue weighted by atomic mass is 9.92. The maximum Gasteiger partial charge on any atom is 0.251 e. The summed E-state index contributed by atoms with van der Waals surface area (Å²) in [5.74, 6) is 0.724. The third-order valence-corrected chi connectivity index (χ3v) is 1.83. The number of rotatable bonds is 3. The van der Waals surface area contributed by atoms with Gasteiger partial charge in [0.15, 0.2) is 0 Å². The number of nitrogens with one attached hydrogen (secondary N) is 1. The zero-order valence-electron chi connectivity index (χ0n) is 9.76. The van der Waals surface area contributed by atoms with Crippen LogP contribution < -0.4 is 5.56 Å². The van der Waals surface area contributed by atoms with E-state index in [1.165, 1.54) is 6.07 Å². The van der Waals surface area contributed by atoms with Gasteiger partial charge in [-0.2, -0.15) is 0 Å². The smallest absolute Gasteiger partial charge is 0.251 e. The molecule has 0 fully saturated rings. The van der Waals surface area contributed by atoms with Gasteiger partial charge in [-0.15, -0.1) is 0 Å². The van der Waals surface area contributed by atoms with E-state index in [4.69, 9.17) is 4.74 Å². The van der Waals surface area contributed by atoms with Crippen molar-refractivity contribution < 1.29 is 4.74 Å². The first-order valence-corrected chi connectivity index (χ1v) is 4.99. The van der Waals surface area contributed by atoms with E-state index in [0.29, 0.717) is 12.3 Å². The van der Waals surface area contributed by atoms with Crippen molar-refractivity contribution in [2.45, 2.75) is 33.8 Å². The number of methoxy groups -OCH3 is 1. The van der Waals surface area contributed by atoms with Crippen LogP contribution in [0.5, 0.6) is 0 Å². The van der Waals surface area contributed by atoms with Crippen LogP contribution in [0.4, 0.5) is 0 Å². The molecule has 1 rings (SSSR count). The molecule has 0 unspecified atom stereocenters. The lowest BCUT2D eigenvalue weighted by molar-refractivity contribution is 0.181. The minimum absolute atomic E-state index is 0.113. The Bertz CT molecular complexity index is 377. The fourth-order valence-electron chi connectivity index (χ4n) is 1.37. The summed E-state index contributed by atoms with van der Waals surface area (Å²) in [6.07, 6.45) is 0.750. The standard InChI is InChI=1S/C11H18N2O2/c1-11(2,3)6-9-12-8(7-15-4)5-10(14)13-9/h5H,6-7H2,1-4H3,(H,12,13,14). The molecule has 0 aliphatic rings. The zero-order valence-corrected chi connectivity index (χ0v) is 9.76. The second kappa shape index (κ2) is 4.57. The minimum atomic E-state index is -0.115. The van der Waals surface area contributed by atoms with Crippen molar-refractivity contribution in [1.29, 1.82) is 0 Å². The second-order valence-corrected chi connectivity index (χ2v) is 4.85. The quantitative estimate of drug-likeness (QED) is 0.822. The van der Waals surface area contributed by atoms with Crippen LogP contribution in [0.1, 0.15) is 32.3 Å². The Morgan fingerprint density at radius 2 is 2.13 bits per heavy atom. The Morgan fingerprint density at radius 3 is 2.67 bits per heavy atom. The molecule has 1 aromatic heterocycles. The first kappa shape index (κ1) is 11.9. The molecule has 1 N–H and O–H groups in total. The zero-order chi connectivity index (χ0) is 11.5. The molecule has 84 valence electrons. The van der Waals surface area contributed by atoms with Crippen molar-refractivity contribution in [3.63, 3.8) is 0 Å². The number of aromatic nitrogens is 2. The van der Waals surface area contributed by atoms with Gasteiger partial charge in [-0.1, -0.05) is 20.8 Å². The van der Waals surface area contributed by atoms with E-state index in [-0.39, 0.29) is 11.0 Å². The van der Waals surface area contributed by atoms with Gasteiger partial charge in [0.1, 0.15) is 5.82 Å². The molecular weight excluding hydrogens is 192 g/mol. The maximum atomic E-state index is 11.3. The van der Waals surface area contributed by atoms with Crippen molar-refractivity contribution >= 4 is 0 Å². The summed E-state index contributed by atoms with van der Waals surface area (Å²) in [7, 11) is 1.59. The van der Waals surface area contributed by atoms with Crippen molar-refractivity contribution in [3.05, 3.63) is 27.9 Å². The largest absolute Gasteiger partial charge is 0.378 e. The van der Waals surface area contributed by atoms with Crippen molar-refractivity contribution in [1.82, 2.24) is 9.97 Å². The highest BCUT2D eigenvalue weighted by molar-refractivity contribution is 5.02. The van der Waals surface area contributed by atoms with Crippen LogP contribution >= 0.6 is 0 Å². The topological polar surface area (TPSA) is 55.0 Å². The van der Waals surface area contributed by atoms with E-state index >= 15 is 0 Å². The molecule has 0 saturated heterocycles. The molecule has 0 bridgehead atoms. The molecule has 15 heavy (non-hydrogen) atoms. The van der Waals surface area contributed by atoms with E-state index in [0.717, 1.165) is 12.2 Å². The molecule has 4 nitrogen and oxygen atoms in total. The molecule has 0 aromatic carbocycles. The lowest BCUT2D eigenvalue weighted by Gasteiger charge is -2.17. The minimum Gasteiger partial charge on any atom is -0.378 e. The molecule has 0 saturated carbocycles. The Labute approximate surface area is 89.7 Å². The molecule has 0 radical (unpaired) electrons. The summed E-state index contributed by atoms with van der Waals surface area (Å²) in [5, 5.41) is 0. The van der Waals surface area contributed by atoms with Gasteiger partial charge < -0.3 is 9.72 Å². The van der Waals surface area contributed by atoms with Crippen LogP contribution in [0.15, 0.2) is 10.9 Å². The van der Waals surface area contributed by atoms with E-state index in [1.54, 1.807) is 7.11 Å². The highest BCUT2D eigenvalue weighted by atomic mass is 16.5.